The first-order valence-corrected chi connectivity index (χ1v) is 13.0. The molecule has 5 rings (SSSR count). The molecular weight excluding hydrogens is 493 g/mol. The Morgan fingerprint density at radius 1 is 1.08 bits per heavy atom. The van der Waals surface area contributed by atoms with Crippen LogP contribution < -0.4 is 10.2 Å². The van der Waals surface area contributed by atoms with E-state index in [0.717, 1.165) is 50.9 Å². The third kappa shape index (κ3) is 5.45. The lowest BCUT2D eigenvalue weighted by molar-refractivity contribution is -0.137. The maximum Gasteiger partial charge on any atom is 0.416 e. The van der Waals surface area contributed by atoms with Crippen molar-refractivity contribution in [3.63, 3.8) is 0 Å². The first-order chi connectivity index (χ1) is 18.4. The number of nitrogens with one attached hydrogen (secondary N) is 1. The van der Waals surface area contributed by atoms with Crippen molar-refractivity contribution in [2.24, 2.45) is 0 Å². The number of alkyl halides is 3. The Balaban J connectivity index is 1.39. The highest BCUT2D eigenvalue weighted by Crippen LogP contribution is 2.35. The molecule has 2 aliphatic heterocycles. The Morgan fingerprint density at radius 2 is 1.84 bits per heavy atom. The fraction of sp³-hybridized carbons (Fsp3) is 0.481. The summed E-state index contributed by atoms with van der Waals surface area (Å²) in [5.41, 5.74) is 0.789. The average Bonchev–Trinajstić information content (AvgIpc) is 3.61. The quantitative estimate of drug-likeness (QED) is 0.477. The normalized spacial score (nSPS) is 17.1. The highest BCUT2D eigenvalue weighted by atomic mass is 19.4. The average molecular weight is 525 g/mol. The van der Waals surface area contributed by atoms with Gasteiger partial charge >= 0.3 is 6.18 Å². The molecule has 8 nitrogen and oxygen atoms in total. The smallest absolute Gasteiger partial charge is 0.372 e. The molecule has 4 heterocycles. The van der Waals surface area contributed by atoms with Crippen molar-refractivity contribution < 1.29 is 13.2 Å². The number of benzene rings is 1. The van der Waals surface area contributed by atoms with Gasteiger partial charge in [-0.2, -0.15) is 18.4 Å². The van der Waals surface area contributed by atoms with Gasteiger partial charge in [-0.3, -0.25) is 0 Å². The predicted octanol–water partition coefficient (Wildman–Crippen LogP) is 4.75. The van der Waals surface area contributed by atoms with E-state index in [1.807, 2.05) is 6.20 Å². The van der Waals surface area contributed by atoms with Gasteiger partial charge in [-0.25, -0.2) is 15.0 Å². The van der Waals surface area contributed by atoms with E-state index >= 15 is 0 Å². The van der Waals surface area contributed by atoms with Crippen LogP contribution in [-0.4, -0.2) is 64.2 Å². The molecule has 0 aliphatic carbocycles. The molecule has 38 heavy (non-hydrogen) atoms. The van der Waals surface area contributed by atoms with Gasteiger partial charge in [-0.1, -0.05) is 12.1 Å². The summed E-state index contributed by atoms with van der Waals surface area (Å²) in [4.78, 5) is 17.9. The van der Waals surface area contributed by atoms with Crippen LogP contribution in [-0.2, 0) is 12.7 Å². The van der Waals surface area contributed by atoms with E-state index < -0.39 is 11.7 Å². The molecule has 0 saturated carbocycles. The highest BCUT2D eigenvalue weighted by molar-refractivity contribution is 5.65. The van der Waals surface area contributed by atoms with E-state index in [9.17, 15) is 18.4 Å². The molecule has 1 aromatic carbocycles. The summed E-state index contributed by atoms with van der Waals surface area (Å²) in [7, 11) is 1.73. The molecule has 0 bridgehead atoms. The summed E-state index contributed by atoms with van der Waals surface area (Å²) in [6.45, 7) is 5.19. The second-order valence-electron chi connectivity index (χ2n) is 9.85. The van der Waals surface area contributed by atoms with Gasteiger partial charge < -0.3 is 19.7 Å². The van der Waals surface area contributed by atoms with Crippen molar-refractivity contribution in [1.29, 1.82) is 5.26 Å². The van der Waals surface area contributed by atoms with Crippen molar-refractivity contribution in [2.45, 2.75) is 44.3 Å². The maximum atomic E-state index is 13.4. The number of halogens is 3. The van der Waals surface area contributed by atoms with Gasteiger partial charge in [0.15, 0.2) is 5.82 Å². The van der Waals surface area contributed by atoms with E-state index in [2.05, 4.69) is 35.7 Å². The number of piperidine rings is 1. The summed E-state index contributed by atoms with van der Waals surface area (Å²) >= 11 is 0. The van der Waals surface area contributed by atoms with Crippen LogP contribution in [0.15, 0.2) is 36.8 Å². The molecular formula is C27H31F3N8. The lowest BCUT2D eigenvalue weighted by Gasteiger charge is -2.33. The Kier molecular flexibility index (Phi) is 7.51. The first kappa shape index (κ1) is 26.0. The topological polar surface area (TPSA) is 85.9 Å². The van der Waals surface area contributed by atoms with Crippen LogP contribution in [0.3, 0.4) is 0 Å². The largest absolute Gasteiger partial charge is 0.416 e. The molecule has 2 aliphatic rings. The van der Waals surface area contributed by atoms with Gasteiger partial charge in [0, 0.05) is 50.9 Å². The number of hydrogen-bond acceptors (Lipinski definition) is 7. The van der Waals surface area contributed by atoms with Crippen molar-refractivity contribution in [2.75, 3.05) is 50.0 Å². The minimum Gasteiger partial charge on any atom is -0.372 e. The molecule has 0 atom stereocenters. The zero-order chi connectivity index (χ0) is 26.7. The minimum atomic E-state index is -4.40. The first-order valence-electron chi connectivity index (χ1n) is 13.0. The standard InChI is InChI=1S/C27H31F3N8/c1-32-24-22(16-31)26(34-18-33-24)37-11-7-19(8-12-37)25-35-23(17-38(25)14-13-36-9-2-3-10-36)20-5-4-6-21(15-20)27(28,29)30/h4-6,15,17-19H,2-3,7-14H2,1H3,(H,32,33,34). The van der Waals surface area contributed by atoms with Gasteiger partial charge in [0.25, 0.3) is 0 Å². The second-order valence-corrected chi connectivity index (χ2v) is 9.85. The zero-order valence-electron chi connectivity index (χ0n) is 21.4. The molecule has 0 amide bonds. The number of anilines is 2. The number of hydrogen-bond donors (Lipinski definition) is 1. The third-order valence-corrected chi connectivity index (χ3v) is 7.48. The fourth-order valence-corrected chi connectivity index (χ4v) is 5.44. The van der Waals surface area contributed by atoms with Crippen LogP contribution in [0.1, 0.15) is 48.6 Å². The Hall–Kier alpha value is -3.65. The molecule has 2 fully saturated rings. The summed E-state index contributed by atoms with van der Waals surface area (Å²) in [5, 5.41) is 12.6. The molecule has 3 aromatic rings. The van der Waals surface area contributed by atoms with Crippen LogP contribution in [0.4, 0.5) is 24.8 Å². The van der Waals surface area contributed by atoms with Crippen LogP contribution in [0.2, 0.25) is 0 Å². The van der Waals surface area contributed by atoms with E-state index in [1.54, 1.807) is 13.1 Å². The summed E-state index contributed by atoms with van der Waals surface area (Å²) < 4.78 is 42.2. The predicted molar refractivity (Wildman–Crippen MR) is 139 cm³/mol. The number of nitrogens with zero attached hydrogens (tertiary/aromatic N) is 7. The van der Waals surface area contributed by atoms with Crippen LogP contribution in [0.25, 0.3) is 11.3 Å². The lowest BCUT2D eigenvalue weighted by Crippen LogP contribution is -2.35. The molecule has 0 spiro atoms. The number of nitriles is 1. The maximum absolute atomic E-state index is 13.4. The van der Waals surface area contributed by atoms with Crippen molar-refractivity contribution in [1.82, 2.24) is 24.4 Å². The van der Waals surface area contributed by atoms with Gasteiger partial charge in [0.1, 0.15) is 29.6 Å². The molecule has 200 valence electrons. The fourth-order valence-electron chi connectivity index (χ4n) is 5.44. The highest BCUT2D eigenvalue weighted by Gasteiger charge is 2.31. The number of rotatable bonds is 7. The Morgan fingerprint density at radius 3 is 2.53 bits per heavy atom. The van der Waals surface area contributed by atoms with E-state index in [0.29, 0.717) is 41.5 Å². The van der Waals surface area contributed by atoms with Gasteiger partial charge in [-0.05, 0) is 50.9 Å². The van der Waals surface area contributed by atoms with Gasteiger partial charge in [0.05, 0.1) is 11.3 Å². The lowest BCUT2D eigenvalue weighted by atomic mass is 9.95. The number of likely N-dealkylation sites (tertiary alicyclic amines) is 1. The van der Waals surface area contributed by atoms with Gasteiger partial charge in [0.2, 0.25) is 0 Å². The number of aromatic nitrogens is 4. The van der Waals surface area contributed by atoms with E-state index in [4.69, 9.17) is 4.98 Å². The second kappa shape index (κ2) is 11.0. The molecule has 11 heteroatoms. The molecule has 2 saturated heterocycles. The molecule has 1 N–H and O–H groups in total. The number of imidazole rings is 1. The molecule has 2 aromatic heterocycles. The monoisotopic (exact) mass is 524 g/mol. The van der Waals surface area contributed by atoms with Crippen LogP contribution in [0.5, 0.6) is 0 Å². The van der Waals surface area contributed by atoms with Crippen molar-refractivity contribution in [3.8, 4) is 17.3 Å². The summed E-state index contributed by atoms with van der Waals surface area (Å²) in [5.74, 6) is 2.19. The molecule has 0 unspecified atom stereocenters. The summed E-state index contributed by atoms with van der Waals surface area (Å²) in [6, 6.07) is 7.61. The van der Waals surface area contributed by atoms with Crippen LogP contribution >= 0.6 is 0 Å². The Labute approximate surface area is 220 Å². The Bertz CT molecular complexity index is 1300. The van der Waals surface area contributed by atoms with Crippen LogP contribution in [0, 0.1) is 11.3 Å². The van der Waals surface area contributed by atoms with Crippen molar-refractivity contribution in [3.05, 3.63) is 53.7 Å². The van der Waals surface area contributed by atoms with E-state index in [-0.39, 0.29) is 5.92 Å². The third-order valence-electron chi connectivity index (χ3n) is 7.48. The van der Waals surface area contributed by atoms with E-state index in [1.165, 1.54) is 31.3 Å². The SMILES string of the molecule is CNc1ncnc(N2CCC(c3nc(-c4cccc(C(F)(F)F)c4)cn3CCN3CCCC3)CC2)c1C#N. The summed E-state index contributed by atoms with van der Waals surface area (Å²) in [6.07, 6.45) is 2.96. The molecule has 0 radical (unpaired) electrons. The van der Waals surface area contributed by atoms with Crippen molar-refractivity contribution >= 4 is 11.6 Å². The minimum absolute atomic E-state index is 0.153. The van der Waals surface area contributed by atoms with Gasteiger partial charge in [-0.15, -0.1) is 0 Å². The zero-order valence-corrected chi connectivity index (χ0v) is 21.4.